The van der Waals surface area contributed by atoms with Gasteiger partial charge in [-0.1, -0.05) is 58.0 Å². The van der Waals surface area contributed by atoms with Gasteiger partial charge in [0.1, 0.15) is 11.9 Å². The number of hydrogen-bond donors (Lipinski definition) is 1. The summed E-state index contributed by atoms with van der Waals surface area (Å²) in [6.07, 6.45) is 1.99. The molecule has 5 nitrogen and oxygen atoms in total. The Bertz CT molecular complexity index is 1320. The quantitative estimate of drug-likeness (QED) is 0.371. The van der Waals surface area contributed by atoms with Gasteiger partial charge in [0.25, 0.3) is 5.91 Å². The summed E-state index contributed by atoms with van der Waals surface area (Å²) in [4.78, 5) is 15.1. The molecule has 2 unspecified atom stereocenters. The first-order valence-corrected chi connectivity index (χ1v) is 14.2. The van der Waals surface area contributed by atoms with E-state index in [9.17, 15) is 4.79 Å². The van der Waals surface area contributed by atoms with Crippen molar-refractivity contribution in [1.82, 2.24) is 5.32 Å². The van der Waals surface area contributed by atoms with Crippen LogP contribution in [0.5, 0.6) is 5.75 Å². The van der Waals surface area contributed by atoms with Crippen LogP contribution >= 0.6 is 11.3 Å². The van der Waals surface area contributed by atoms with Gasteiger partial charge in [-0.15, -0.1) is 11.3 Å². The lowest BCUT2D eigenvalue weighted by Gasteiger charge is -2.42. The Hall–Kier alpha value is -2.67. The van der Waals surface area contributed by atoms with Gasteiger partial charge < -0.3 is 19.5 Å². The Morgan fingerprint density at radius 2 is 1.61 bits per heavy atom. The molecular formula is C32H39NO4S. The van der Waals surface area contributed by atoms with E-state index in [0.29, 0.717) is 11.5 Å². The fraction of sp³-hybridized carbons (Fsp3) is 0.469. The van der Waals surface area contributed by atoms with E-state index in [2.05, 4.69) is 45.1 Å². The van der Waals surface area contributed by atoms with Crippen LogP contribution in [0.3, 0.4) is 0 Å². The summed E-state index contributed by atoms with van der Waals surface area (Å²) >= 11 is 1.49. The third-order valence-electron chi connectivity index (χ3n) is 8.10. The van der Waals surface area contributed by atoms with Crippen LogP contribution in [0, 0.1) is 0 Å². The largest absolute Gasteiger partial charge is 0.496 e. The average molecular weight is 534 g/mol. The monoisotopic (exact) mass is 533 g/mol. The van der Waals surface area contributed by atoms with Gasteiger partial charge in [0.05, 0.1) is 24.6 Å². The highest BCUT2D eigenvalue weighted by Gasteiger charge is 2.39. The predicted octanol–water partition coefficient (Wildman–Crippen LogP) is 7.40. The van der Waals surface area contributed by atoms with Crippen LogP contribution in [0.1, 0.15) is 86.9 Å². The summed E-state index contributed by atoms with van der Waals surface area (Å²) < 4.78 is 18.0. The number of carbonyl (C=O) groups is 1. The molecule has 1 N–H and O–H groups in total. The van der Waals surface area contributed by atoms with E-state index >= 15 is 0 Å². The molecule has 2 heterocycles. The summed E-state index contributed by atoms with van der Waals surface area (Å²) in [7, 11) is 1.72. The van der Waals surface area contributed by atoms with Gasteiger partial charge in [0.15, 0.2) is 5.79 Å². The van der Waals surface area contributed by atoms with Crippen molar-refractivity contribution in [2.24, 2.45) is 0 Å². The van der Waals surface area contributed by atoms with Crippen LogP contribution < -0.4 is 10.1 Å². The lowest BCUT2D eigenvalue weighted by atomic mass is 9.63. The van der Waals surface area contributed by atoms with E-state index in [1.807, 2.05) is 56.3 Å². The van der Waals surface area contributed by atoms with Crippen molar-refractivity contribution in [2.45, 2.75) is 83.1 Å². The number of amides is 1. The molecule has 202 valence electrons. The van der Waals surface area contributed by atoms with E-state index in [0.717, 1.165) is 34.6 Å². The van der Waals surface area contributed by atoms with Gasteiger partial charge in [0.2, 0.25) is 0 Å². The van der Waals surface area contributed by atoms with Gasteiger partial charge >= 0.3 is 0 Å². The van der Waals surface area contributed by atoms with Crippen molar-refractivity contribution in [3.8, 4) is 16.2 Å². The molecular weight excluding hydrogens is 494 g/mol. The fourth-order valence-corrected chi connectivity index (χ4v) is 6.59. The number of methoxy groups -OCH3 is 1. The zero-order valence-corrected chi connectivity index (χ0v) is 24.3. The fourth-order valence-electron chi connectivity index (χ4n) is 5.66. The second-order valence-electron chi connectivity index (χ2n) is 12.3. The molecule has 1 aliphatic heterocycles. The topological polar surface area (TPSA) is 56.8 Å². The number of carbonyl (C=O) groups excluding carboxylic acids is 1. The summed E-state index contributed by atoms with van der Waals surface area (Å²) in [6, 6.07) is 18.1. The zero-order chi connectivity index (χ0) is 27.3. The lowest BCUT2D eigenvalue weighted by molar-refractivity contribution is -0.284. The number of ether oxygens (including phenoxy) is 3. The Morgan fingerprint density at radius 1 is 0.947 bits per heavy atom. The minimum absolute atomic E-state index is 0.0878. The molecule has 2 aromatic carbocycles. The average Bonchev–Trinajstić information content (AvgIpc) is 3.38. The van der Waals surface area contributed by atoms with Crippen LogP contribution in [-0.4, -0.2) is 31.5 Å². The molecule has 3 aromatic rings. The van der Waals surface area contributed by atoms with Gasteiger partial charge in [-0.25, -0.2) is 0 Å². The Balaban J connectivity index is 1.42. The molecule has 2 aliphatic rings. The minimum atomic E-state index is -0.719. The van der Waals surface area contributed by atoms with Crippen LogP contribution in [-0.2, 0) is 20.3 Å². The number of hydrogen-bond acceptors (Lipinski definition) is 5. The maximum Gasteiger partial charge on any atom is 0.261 e. The van der Waals surface area contributed by atoms with Crippen molar-refractivity contribution in [2.75, 3.05) is 13.7 Å². The van der Waals surface area contributed by atoms with Crippen molar-refractivity contribution in [1.29, 1.82) is 0 Å². The van der Waals surface area contributed by atoms with Crippen molar-refractivity contribution in [3.63, 3.8) is 0 Å². The second-order valence-corrected chi connectivity index (χ2v) is 13.4. The summed E-state index contributed by atoms with van der Waals surface area (Å²) in [5.74, 6) is 0.00433. The van der Waals surface area contributed by atoms with E-state index in [1.165, 1.54) is 22.5 Å². The summed E-state index contributed by atoms with van der Waals surface area (Å²) in [6.45, 7) is 13.5. The lowest BCUT2D eigenvalue weighted by Crippen LogP contribution is -2.51. The number of thiophene rings is 1. The van der Waals surface area contributed by atoms with Gasteiger partial charge in [-0.3, -0.25) is 4.79 Å². The van der Waals surface area contributed by atoms with Gasteiger partial charge in [-0.2, -0.15) is 0 Å². The predicted molar refractivity (Wildman–Crippen MR) is 153 cm³/mol. The minimum Gasteiger partial charge on any atom is -0.496 e. The smallest absolute Gasteiger partial charge is 0.261 e. The van der Waals surface area contributed by atoms with E-state index < -0.39 is 5.79 Å². The molecule has 1 saturated heterocycles. The third-order valence-corrected chi connectivity index (χ3v) is 9.22. The third kappa shape index (κ3) is 5.14. The van der Waals surface area contributed by atoms with Crippen LogP contribution in [0.2, 0.25) is 0 Å². The molecule has 6 heteroatoms. The maximum atomic E-state index is 13.4. The molecule has 2 atom stereocenters. The standard InChI is InChI=1S/C32H39NO4S/c1-30(2)15-16-31(3,4)23-18-25(35-7)21(17-22(23)30)26-13-14-27(38-26)29(34)33-24-19-36-32(5,6)37-28(24)20-11-9-8-10-12-20/h8-14,17-18,24,28H,15-16,19H2,1-7H3,(H,33,34). The zero-order valence-electron chi connectivity index (χ0n) is 23.5. The first-order chi connectivity index (χ1) is 17.9. The van der Waals surface area contributed by atoms with Crippen molar-refractivity contribution < 1.29 is 19.0 Å². The summed E-state index contributed by atoms with van der Waals surface area (Å²) in [5, 5.41) is 3.18. The highest BCUT2D eigenvalue weighted by molar-refractivity contribution is 7.17. The first kappa shape index (κ1) is 26.9. The highest BCUT2D eigenvalue weighted by Crippen LogP contribution is 2.50. The highest BCUT2D eigenvalue weighted by atomic mass is 32.1. The first-order valence-electron chi connectivity index (χ1n) is 13.4. The Morgan fingerprint density at radius 3 is 2.26 bits per heavy atom. The number of benzene rings is 2. The van der Waals surface area contributed by atoms with Gasteiger partial charge in [0, 0.05) is 10.4 Å². The second kappa shape index (κ2) is 9.82. The molecule has 38 heavy (non-hydrogen) atoms. The molecule has 5 rings (SSSR count). The van der Waals surface area contributed by atoms with E-state index in [-0.39, 0.29) is 28.9 Å². The SMILES string of the molecule is COc1cc2c(cc1-c1ccc(C(=O)NC3COC(C)(C)OC3c3ccccc3)s1)C(C)(C)CCC2(C)C. The molecule has 1 aliphatic carbocycles. The summed E-state index contributed by atoms with van der Waals surface area (Å²) in [5.41, 5.74) is 4.97. The molecule has 1 aromatic heterocycles. The molecule has 0 bridgehead atoms. The Kier molecular flexibility index (Phi) is 6.95. The Labute approximate surface area is 230 Å². The van der Waals surface area contributed by atoms with Crippen molar-refractivity contribution >= 4 is 17.2 Å². The van der Waals surface area contributed by atoms with Crippen LogP contribution in [0.4, 0.5) is 0 Å². The van der Waals surface area contributed by atoms with E-state index in [4.69, 9.17) is 14.2 Å². The normalized spacial score (nSPS) is 23.3. The van der Waals surface area contributed by atoms with Crippen molar-refractivity contribution in [3.05, 3.63) is 76.2 Å². The molecule has 1 fully saturated rings. The molecule has 0 spiro atoms. The molecule has 1 amide bonds. The molecule has 0 saturated carbocycles. The van der Waals surface area contributed by atoms with Crippen LogP contribution in [0.15, 0.2) is 54.6 Å². The van der Waals surface area contributed by atoms with E-state index in [1.54, 1.807) is 7.11 Å². The number of fused-ring (bicyclic) bond motifs is 1. The number of nitrogens with one attached hydrogen (secondary N) is 1. The van der Waals surface area contributed by atoms with Crippen LogP contribution in [0.25, 0.3) is 10.4 Å². The maximum absolute atomic E-state index is 13.4. The van der Waals surface area contributed by atoms with Gasteiger partial charge in [-0.05, 0) is 78.5 Å². The molecule has 0 radical (unpaired) electrons. The number of rotatable bonds is 5.